The first-order valence-electron chi connectivity index (χ1n) is 9.32. The average Bonchev–Trinajstić information content (AvgIpc) is 3.41. The van der Waals surface area contributed by atoms with Crippen molar-refractivity contribution in [3.05, 3.63) is 60.2 Å². The lowest BCUT2D eigenvalue weighted by atomic mass is 9.92. The fourth-order valence-corrected chi connectivity index (χ4v) is 3.75. The minimum absolute atomic E-state index is 0.000964. The number of hydrogen-bond acceptors (Lipinski definition) is 4. The summed E-state index contributed by atoms with van der Waals surface area (Å²) in [6.45, 7) is 3.01. The molecule has 0 aliphatic carbocycles. The van der Waals surface area contributed by atoms with Crippen LogP contribution in [0.15, 0.2) is 48.9 Å². The van der Waals surface area contributed by atoms with Crippen LogP contribution in [0.2, 0.25) is 0 Å². The maximum Gasteiger partial charge on any atom is 0.321 e. The molecule has 1 aliphatic rings. The van der Waals surface area contributed by atoms with Gasteiger partial charge in [-0.15, -0.1) is 0 Å². The quantitative estimate of drug-likeness (QED) is 0.726. The second-order valence-electron chi connectivity index (χ2n) is 7.25. The number of aliphatic hydroxyl groups is 1. The van der Waals surface area contributed by atoms with Gasteiger partial charge in [0.1, 0.15) is 0 Å². The van der Waals surface area contributed by atoms with Crippen LogP contribution in [0.4, 0.5) is 10.5 Å². The molecule has 28 heavy (non-hydrogen) atoms. The van der Waals surface area contributed by atoms with Gasteiger partial charge in [-0.05, 0) is 30.7 Å². The lowest BCUT2D eigenvalue weighted by Crippen LogP contribution is -2.33. The van der Waals surface area contributed by atoms with Crippen molar-refractivity contribution in [2.45, 2.75) is 12.8 Å². The second kappa shape index (κ2) is 7.47. The topological polar surface area (TPSA) is 88.2 Å². The van der Waals surface area contributed by atoms with Gasteiger partial charge in [-0.3, -0.25) is 4.68 Å². The van der Waals surface area contributed by atoms with Crippen LogP contribution in [0.3, 0.4) is 0 Å². The highest BCUT2D eigenvalue weighted by Gasteiger charge is 2.36. The molecular formula is C20H24N6O2. The Bertz CT molecular complexity index is 978. The van der Waals surface area contributed by atoms with Gasteiger partial charge in [0, 0.05) is 51.0 Å². The number of carbonyl (C=O) groups is 1. The Morgan fingerprint density at radius 1 is 1.29 bits per heavy atom. The van der Waals surface area contributed by atoms with E-state index in [9.17, 15) is 9.90 Å². The van der Waals surface area contributed by atoms with Gasteiger partial charge in [0.05, 0.1) is 23.3 Å². The zero-order chi connectivity index (χ0) is 19.7. The van der Waals surface area contributed by atoms with Crippen molar-refractivity contribution < 1.29 is 9.90 Å². The second-order valence-corrected chi connectivity index (χ2v) is 7.25. The normalized spacial score (nSPS) is 19.2. The van der Waals surface area contributed by atoms with E-state index in [0.717, 1.165) is 16.9 Å². The van der Waals surface area contributed by atoms with Crippen molar-refractivity contribution >= 4 is 11.7 Å². The van der Waals surface area contributed by atoms with Crippen LogP contribution in [0, 0.1) is 12.8 Å². The van der Waals surface area contributed by atoms with Crippen molar-refractivity contribution in [1.29, 1.82) is 0 Å². The number of carbonyl (C=O) groups excluding carboxylic acids is 1. The minimum atomic E-state index is -0.179. The van der Waals surface area contributed by atoms with Crippen LogP contribution in [0.25, 0.3) is 5.69 Å². The van der Waals surface area contributed by atoms with Gasteiger partial charge < -0.3 is 15.3 Å². The molecule has 0 bridgehead atoms. The molecular weight excluding hydrogens is 356 g/mol. The Hall–Kier alpha value is -3.13. The zero-order valence-corrected chi connectivity index (χ0v) is 16.0. The highest BCUT2D eigenvalue weighted by atomic mass is 16.3. The summed E-state index contributed by atoms with van der Waals surface area (Å²) < 4.78 is 3.50. The van der Waals surface area contributed by atoms with Crippen LogP contribution in [-0.2, 0) is 7.05 Å². The van der Waals surface area contributed by atoms with E-state index in [1.54, 1.807) is 14.3 Å². The summed E-state index contributed by atoms with van der Waals surface area (Å²) in [5.74, 6) is 0.0763. The molecule has 3 aromatic rings. The van der Waals surface area contributed by atoms with Gasteiger partial charge in [0.15, 0.2) is 0 Å². The van der Waals surface area contributed by atoms with E-state index in [1.165, 1.54) is 0 Å². The number of likely N-dealkylation sites (tertiary alicyclic amines) is 1. The molecule has 0 spiro atoms. The Morgan fingerprint density at radius 2 is 2.11 bits per heavy atom. The number of amides is 2. The first-order valence-corrected chi connectivity index (χ1v) is 9.32. The summed E-state index contributed by atoms with van der Waals surface area (Å²) in [5, 5.41) is 21.5. The molecule has 2 amide bonds. The molecule has 2 atom stereocenters. The maximum atomic E-state index is 12.9. The smallest absolute Gasteiger partial charge is 0.321 e. The Labute approximate surface area is 163 Å². The molecule has 0 radical (unpaired) electrons. The maximum absolute atomic E-state index is 12.9. The van der Waals surface area contributed by atoms with Gasteiger partial charge in [0.25, 0.3) is 0 Å². The molecule has 4 rings (SSSR count). The SMILES string of the molecule is Cc1ccn(-c2ccccc2NC(=O)N2C[C@@H](CO)[C@H](c3cnn(C)c3)C2)n1. The number of urea groups is 1. The molecule has 2 aromatic heterocycles. The van der Waals surface area contributed by atoms with E-state index >= 15 is 0 Å². The summed E-state index contributed by atoms with van der Waals surface area (Å²) in [4.78, 5) is 14.7. The van der Waals surface area contributed by atoms with Gasteiger partial charge in [-0.25, -0.2) is 9.48 Å². The summed E-state index contributed by atoms with van der Waals surface area (Å²) in [6, 6.07) is 9.32. The minimum Gasteiger partial charge on any atom is -0.396 e. The number of nitrogens with one attached hydrogen (secondary N) is 1. The first-order chi connectivity index (χ1) is 13.5. The molecule has 8 nitrogen and oxygen atoms in total. The van der Waals surface area contributed by atoms with Crippen LogP contribution in [0.1, 0.15) is 17.2 Å². The molecule has 8 heteroatoms. The molecule has 1 fully saturated rings. The fraction of sp³-hybridized carbons (Fsp3) is 0.350. The monoisotopic (exact) mass is 380 g/mol. The Kier molecular flexibility index (Phi) is 4.87. The summed E-state index contributed by atoms with van der Waals surface area (Å²) >= 11 is 0. The van der Waals surface area contributed by atoms with E-state index < -0.39 is 0 Å². The number of aryl methyl sites for hydroxylation is 2. The van der Waals surface area contributed by atoms with E-state index in [1.807, 2.05) is 62.9 Å². The van der Waals surface area contributed by atoms with E-state index in [4.69, 9.17) is 0 Å². The van der Waals surface area contributed by atoms with Gasteiger partial charge >= 0.3 is 6.03 Å². The van der Waals surface area contributed by atoms with Crippen molar-refractivity contribution in [2.24, 2.45) is 13.0 Å². The Balaban J connectivity index is 1.52. The third-order valence-corrected chi connectivity index (χ3v) is 5.23. The fourth-order valence-electron chi connectivity index (χ4n) is 3.75. The predicted octanol–water partition coefficient (Wildman–Crippen LogP) is 2.15. The number of aromatic nitrogens is 4. The number of nitrogens with zero attached hydrogens (tertiary/aromatic N) is 5. The number of rotatable bonds is 4. The van der Waals surface area contributed by atoms with E-state index in [-0.39, 0.29) is 24.5 Å². The van der Waals surface area contributed by atoms with E-state index in [2.05, 4.69) is 15.5 Å². The van der Waals surface area contributed by atoms with Crippen molar-refractivity contribution in [1.82, 2.24) is 24.5 Å². The summed E-state index contributed by atoms with van der Waals surface area (Å²) in [5.41, 5.74) is 3.46. The highest BCUT2D eigenvalue weighted by molar-refractivity contribution is 5.91. The van der Waals surface area contributed by atoms with Gasteiger partial charge in [-0.2, -0.15) is 10.2 Å². The number of hydrogen-bond donors (Lipinski definition) is 2. The van der Waals surface area contributed by atoms with Crippen LogP contribution in [-0.4, -0.2) is 55.3 Å². The molecule has 1 saturated heterocycles. The predicted molar refractivity (Wildman–Crippen MR) is 105 cm³/mol. The first kappa shape index (κ1) is 18.2. The number of para-hydroxylation sites is 2. The van der Waals surface area contributed by atoms with Crippen LogP contribution < -0.4 is 5.32 Å². The molecule has 1 aliphatic heterocycles. The lowest BCUT2D eigenvalue weighted by molar-refractivity contribution is 0.206. The average molecular weight is 380 g/mol. The molecule has 2 N–H and O–H groups in total. The summed E-state index contributed by atoms with van der Waals surface area (Å²) in [7, 11) is 1.87. The molecule has 146 valence electrons. The number of aliphatic hydroxyl groups excluding tert-OH is 1. The Morgan fingerprint density at radius 3 is 2.79 bits per heavy atom. The number of anilines is 1. The lowest BCUT2D eigenvalue weighted by Gasteiger charge is -2.18. The van der Waals surface area contributed by atoms with Crippen molar-refractivity contribution in [2.75, 3.05) is 25.0 Å². The van der Waals surface area contributed by atoms with E-state index in [0.29, 0.717) is 18.8 Å². The third-order valence-electron chi connectivity index (χ3n) is 5.23. The molecule has 3 heterocycles. The largest absolute Gasteiger partial charge is 0.396 e. The number of benzene rings is 1. The highest BCUT2D eigenvalue weighted by Crippen LogP contribution is 2.32. The summed E-state index contributed by atoms with van der Waals surface area (Å²) in [6.07, 6.45) is 5.63. The zero-order valence-electron chi connectivity index (χ0n) is 16.0. The standard InChI is InChI=1S/C20H24N6O2/c1-14-7-8-26(23-14)19-6-4-3-5-18(19)22-20(28)25-11-16(13-27)17(12-25)15-9-21-24(2)10-15/h3-10,16-17,27H,11-13H2,1-2H3,(H,22,28)/t16-,17-/m0/s1. The molecule has 0 unspecified atom stereocenters. The van der Waals surface area contributed by atoms with Crippen molar-refractivity contribution in [3.8, 4) is 5.69 Å². The third kappa shape index (κ3) is 3.50. The molecule has 0 saturated carbocycles. The molecule has 1 aromatic carbocycles. The van der Waals surface area contributed by atoms with Crippen LogP contribution >= 0.6 is 0 Å². The van der Waals surface area contributed by atoms with Gasteiger partial charge in [0.2, 0.25) is 0 Å². The van der Waals surface area contributed by atoms with Crippen LogP contribution in [0.5, 0.6) is 0 Å². The van der Waals surface area contributed by atoms with Gasteiger partial charge in [-0.1, -0.05) is 12.1 Å². The van der Waals surface area contributed by atoms with Crippen molar-refractivity contribution in [3.63, 3.8) is 0 Å².